The van der Waals surface area contributed by atoms with Crippen LogP contribution >= 0.6 is 11.6 Å². The minimum Gasteiger partial charge on any atom is -0.369 e. The minimum absolute atomic E-state index is 0.217. The van der Waals surface area contributed by atoms with Gasteiger partial charge in [0.25, 0.3) is 11.8 Å². The first-order chi connectivity index (χ1) is 13.4. The second kappa shape index (κ2) is 10.1. The lowest BCUT2D eigenvalue weighted by atomic mass is 10.1. The van der Waals surface area contributed by atoms with Gasteiger partial charge >= 0.3 is 0 Å². The van der Waals surface area contributed by atoms with Gasteiger partial charge in [0, 0.05) is 36.1 Å². The lowest BCUT2D eigenvalue weighted by Gasteiger charge is -2.27. The number of benzene rings is 2. The Morgan fingerprint density at radius 2 is 1.71 bits per heavy atom. The summed E-state index contributed by atoms with van der Waals surface area (Å²) in [7, 11) is 0. The van der Waals surface area contributed by atoms with Crippen LogP contribution in [-0.4, -0.2) is 30.9 Å². The van der Waals surface area contributed by atoms with Crippen LogP contribution in [0.15, 0.2) is 42.5 Å². The van der Waals surface area contributed by atoms with E-state index < -0.39 is 0 Å². The van der Waals surface area contributed by atoms with Gasteiger partial charge in [0.1, 0.15) is 0 Å². The molecule has 0 saturated carbocycles. The molecule has 2 aromatic rings. The first-order valence-electron chi connectivity index (χ1n) is 9.63. The number of carbonyl (C=O) groups excluding carboxylic acids is 2. The van der Waals surface area contributed by atoms with Crippen molar-refractivity contribution in [3.8, 4) is 0 Å². The highest BCUT2D eigenvalue weighted by molar-refractivity contribution is 6.34. The molecule has 0 radical (unpaired) electrons. The van der Waals surface area contributed by atoms with E-state index in [1.807, 2.05) is 31.2 Å². The van der Waals surface area contributed by atoms with E-state index in [9.17, 15) is 9.59 Å². The summed E-state index contributed by atoms with van der Waals surface area (Å²) in [6.07, 6.45) is 0.851. The molecule has 0 spiro atoms. The summed E-state index contributed by atoms with van der Waals surface area (Å²) >= 11 is 6.22. The fourth-order valence-corrected chi connectivity index (χ4v) is 3.23. The number of hydrogen-bond acceptors (Lipinski definition) is 3. The molecule has 2 N–H and O–H groups in total. The summed E-state index contributed by atoms with van der Waals surface area (Å²) in [5, 5.41) is 5.92. The quantitative estimate of drug-likeness (QED) is 0.656. The standard InChI is InChI=1S/C22H28ClN3O2/c1-5-13-24-22(28)19-12-9-17(14-20(19)23)25-21(27)16-7-10-18(11-8-16)26(6-2)15(3)4/h7-12,14-15H,5-6,13H2,1-4H3,(H,24,28)(H,25,27). The highest BCUT2D eigenvalue weighted by atomic mass is 35.5. The summed E-state index contributed by atoms with van der Waals surface area (Å²) in [6.45, 7) is 9.86. The first-order valence-corrected chi connectivity index (χ1v) is 10.0. The average molecular weight is 402 g/mol. The van der Waals surface area contributed by atoms with Crippen LogP contribution in [0.1, 0.15) is 54.8 Å². The molecule has 2 rings (SSSR count). The lowest BCUT2D eigenvalue weighted by molar-refractivity contribution is 0.0953. The number of nitrogens with zero attached hydrogens (tertiary/aromatic N) is 1. The molecule has 0 atom stereocenters. The van der Waals surface area contributed by atoms with Gasteiger partial charge in [-0.2, -0.15) is 0 Å². The SMILES string of the molecule is CCCNC(=O)c1ccc(NC(=O)c2ccc(N(CC)C(C)C)cc2)cc1Cl. The molecule has 150 valence electrons. The molecule has 0 bridgehead atoms. The van der Waals surface area contributed by atoms with Crippen molar-refractivity contribution in [1.29, 1.82) is 0 Å². The predicted octanol–water partition coefficient (Wildman–Crippen LogP) is 4.97. The Bertz CT molecular complexity index is 819. The van der Waals surface area contributed by atoms with Gasteiger partial charge in [-0.15, -0.1) is 0 Å². The molecule has 0 aliphatic heterocycles. The third-order valence-electron chi connectivity index (χ3n) is 4.43. The molecule has 0 aromatic heterocycles. The van der Waals surface area contributed by atoms with E-state index in [0.717, 1.165) is 18.7 Å². The summed E-state index contributed by atoms with van der Waals surface area (Å²) in [4.78, 5) is 26.8. The zero-order valence-corrected chi connectivity index (χ0v) is 17.6. The molecule has 0 heterocycles. The fraction of sp³-hybridized carbons (Fsp3) is 0.364. The van der Waals surface area contributed by atoms with Crippen molar-refractivity contribution in [2.24, 2.45) is 0 Å². The third kappa shape index (κ3) is 5.49. The van der Waals surface area contributed by atoms with Crippen molar-refractivity contribution in [3.05, 3.63) is 58.6 Å². The van der Waals surface area contributed by atoms with E-state index in [4.69, 9.17) is 11.6 Å². The second-order valence-electron chi connectivity index (χ2n) is 6.83. The maximum absolute atomic E-state index is 12.5. The van der Waals surface area contributed by atoms with Crippen LogP contribution < -0.4 is 15.5 Å². The van der Waals surface area contributed by atoms with E-state index in [1.54, 1.807) is 18.2 Å². The van der Waals surface area contributed by atoms with Gasteiger partial charge in [-0.1, -0.05) is 18.5 Å². The second-order valence-corrected chi connectivity index (χ2v) is 7.24. The Balaban J connectivity index is 2.08. The Labute approximate surface area is 172 Å². The molecule has 0 fully saturated rings. The van der Waals surface area contributed by atoms with Gasteiger partial charge in [0.2, 0.25) is 0 Å². The van der Waals surface area contributed by atoms with Gasteiger partial charge in [-0.3, -0.25) is 9.59 Å². The van der Waals surface area contributed by atoms with E-state index in [-0.39, 0.29) is 11.8 Å². The van der Waals surface area contributed by atoms with Crippen LogP contribution in [0, 0.1) is 0 Å². The maximum Gasteiger partial charge on any atom is 0.255 e. The molecule has 0 unspecified atom stereocenters. The molecule has 5 nitrogen and oxygen atoms in total. The van der Waals surface area contributed by atoms with Crippen LogP contribution in [-0.2, 0) is 0 Å². The molecule has 0 aliphatic carbocycles. The monoisotopic (exact) mass is 401 g/mol. The molecule has 0 aliphatic rings. The molecule has 28 heavy (non-hydrogen) atoms. The maximum atomic E-state index is 12.5. The molecular weight excluding hydrogens is 374 g/mol. The van der Waals surface area contributed by atoms with Crippen molar-refractivity contribution in [2.45, 2.75) is 40.2 Å². The van der Waals surface area contributed by atoms with Crippen molar-refractivity contribution in [1.82, 2.24) is 5.32 Å². The number of halogens is 1. The van der Waals surface area contributed by atoms with Gasteiger partial charge in [0.05, 0.1) is 10.6 Å². The van der Waals surface area contributed by atoms with Gasteiger partial charge < -0.3 is 15.5 Å². The molecule has 2 amide bonds. The number of nitrogens with one attached hydrogen (secondary N) is 2. The zero-order chi connectivity index (χ0) is 20.7. The van der Waals surface area contributed by atoms with Crippen LogP contribution in [0.2, 0.25) is 5.02 Å². The van der Waals surface area contributed by atoms with Gasteiger partial charge in [-0.25, -0.2) is 0 Å². The minimum atomic E-state index is -0.224. The van der Waals surface area contributed by atoms with Crippen molar-refractivity contribution < 1.29 is 9.59 Å². The van der Waals surface area contributed by atoms with E-state index in [0.29, 0.717) is 34.4 Å². The fourth-order valence-electron chi connectivity index (χ4n) is 2.96. The predicted molar refractivity (Wildman–Crippen MR) is 117 cm³/mol. The molecule has 2 aromatic carbocycles. The molecule has 6 heteroatoms. The first kappa shape index (κ1) is 21.8. The van der Waals surface area contributed by atoms with E-state index in [1.165, 1.54) is 0 Å². The van der Waals surface area contributed by atoms with Crippen LogP contribution in [0.25, 0.3) is 0 Å². The highest BCUT2D eigenvalue weighted by Gasteiger charge is 2.13. The molecular formula is C22H28ClN3O2. The summed E-state index contributed by atoms with van der Waals surface area (Å²) in [6, 6.07) is 12.8. The van der Waals surface area contributed by atoms with E-state index >= 15 is 0 Å². The van der Waals surface area contributed by atoms with Crippen molar-refractivity contribution in [3.63, 3.8) is 0 Å². The Morgan fingerprint density at radius 1 is 1.04 bits per heavy atom. The van der Waals surface area contributed by atoms with E-state index in [2.05, 4.69) is 36.3 Å². The van der Waals surface area contributed by atoms with Crippen molar-refractivity contribution in [2.75, 3.05) is 23.3 Å². The van der Waals surface area contributed by atoms with Crippen LogP contribution in [0.5, 0.6) is 0 Å². The van der Waals surface area contributed by atoms with Gasteiger partial charge in [-0.05, 0) is 69.7 Å². The molecule has 0 saturated heterocycles. The Kier molecular flexibility index (Phi) is 7.88. The average Bonchev–Trinajstić information content (AvgIpc) is 2.67. The largest absolute Gasteiger partial charge is 0.369 e. The van der Waals surface area contributed by atoms with Crippen LogP contribution in [0.4, 0.5) is 11.4 Å². The Morgan fingerprint density at radius 3 is 2.25 bits per heavy atom. The number of anilines is 2. The zero-order valence-electron chi connectivity index (χ0n) is 16.9. The number of amides is 2. The number of hydrogen-bond donors (Lipinski definition) is 2. The smallest absolute Gasteiger partial charge is 0.255 e. The van der Waals surface area contributed by atoms with Crippen LogP contribution in [0.3, 0.4) is 0 Å². The Hall–Kier alpha value is -2.53. The van der Waals surface area contributed by atoms with Crippen molar-refractivity contribution >= 4 is 34.8 Å². The summed E-state index contributed by atoms with van der Waals surface area (Å²) < 4.78 is 0. The number of rotatable bonds is 8. The topological polar surface area (TPSA) is 61.4 Å². The summed E-state index contributed by atoms with van der Waals surface area (Å²) in [5.41, 5.74) is 2.58. The lowest BCUT2D eigenvalue weighted by Crippen LogP contribution is -2.30. The van der Waals surface area contributed by atoms with Gasteiger partial charge in [0.15, 0.2) is 0 Å². The third-order valence-corrected chi connectivity index (χ3v) is 4.75. The normalized spacial score (nSPS) is 10.6. The number of carbonyl (C=O) groups is 2. The highest BCUT2D eigenvalue weighted by Crippen LogP contribution is 2.22. The summed E-state index contributed by atoms with van der Waals surface area (Å²) in [5.74, 6) is -0.440.